The molecule has 216 valence electrons. The number of amidine groups is 1. The minimum absolute atomic E-state index is 0.197. The molecule has 2 N–H and O–H groups in total. The van der Waals surface area contributed by atoms with Crippen molar-refractivity contribution in [1.29, 1.82) is 0 Å². The lowest BCUT2D eigenvalue weighted by Crippen LogP contribution is -2.43. The summed E-state index contributed by atoms with van der Waals surface area (Å²) in [5, 5.41) is 7.01. The van der Waals surface area contributed by atoms with Crippen LogP contribution in [0.3, 0.4) is 0 Å². The largest absolute Gasteiger partial charge is 0.495 e. The Labute approximate surface area is 255 Å². The Morgan fingerprint density at radius 1 is 0.860 bits per heavy atom. The first kappa shape index (κ1) is 28.3. The number of thioether (sulfide) groups is 1. The number of para-hydroxylation sites is 2. The number of hydrogen-bond acceptors (Lipinski definition) is 6. The van der Waals surface area contributed by atoms with Crippen molar-refractivity contribution in [2.24, 2.45) is 4.99 Å². The van der Waals surface area contributed by atoms with E-state index >= 15 is 0 Å². The maximum Gasteiger partial charge on any atom is 0.255 e. The topological polar surface area (TPSA) is 83.0 Å². The summed E-state index contributed by atoms with van der Waals surface area (Å²) in [6, 6.07) is 32.4. The van der Waals surface area contributed by atoms with Crippen LogP contribution in [-0.4, -0.2) is 41.3 Å². The molecule has 1 unspecified atom stereocenters. The van der Waals surface area contributed by atoms with Crippen molar-refractivity contribution >= 4 is 40.1 Å². The zero-order chi connectivity index (χ0) is 29.8. The number of amides is 2. The third kappa shape index (κ3) is 6.05. The molecule has 1 fully saturated rings. The Balaban J connectivity index is 1.28. The molecule has 2 amide bonds. The third-order valence-corrected chi connectivity index (χ3v) is 8.65. The fraction of sp³-hybridized carbons (Fsp3) is 0.171. The van der Waals surface area contributed by atoms with E-state index in [1.54, 1.807) is 18.9 Å². The quantitative estimate of drug-likeness (QED) is 0.235. The summed E-state index contributed by atoms with van der Waals surface area (Å²) >= 11 is 1.71. The van der Waals surface area contributed by atoms with Gasteiger partial charge in [-0.15, -0.1) is 0 Å². The summed E-state index contributed by atoms with van der Waals surface area (Å²) in [5.41, 5.74) is 6.11. The molecule has 6 rings (SSSR count). The van der Waals surface area contributed by atoms with E-state index in [0.717, 1.165) is 40.6 Å². The van der Waals surface area contributed by atoms with E-state index in [1.807, 2.05) is 110 Å². The van der Waals surface area contributed by atoms with E-state index in [0.29, 0.717) is 34.0 Å². The molecule has 0 aliphatic carbocycles. The monoisotopic (exact) mass is 588 g/mol. The summed E-state index contributed by atoms with van der Waals surface area (Å²) in [5.74, 6) is 1.13. The summed E-state index contributed by atoms with van der Waals surface area (Å²) in [6.07, 6.45) is 0.982. The first-order valence-corrected chi connectivity index (χ1v) is 15.2. The van der Waals surface area contributed by atoms with E-state index in [2.05, 4.69) is 15.5 Å². The van der Waals surface area contributed by atoms with Gasteiger partial charge in [-0.25, -0.2) is 4.99 Å². The van der Waals surface area contributed by atoms with Crippen LogP contribution in [-0.2, 0) is 4.79 Å². The van der Waals surface area contributed by atoms with Crippen molar-refractivity contribution in [3.63, 3.8) is 0 Å². The van der Waals surface area contributed by atoms with Crippen LogP contribution in [0.25, 0.3) is 11.1 Å². The van der Waals surface area contributed by atoms with E-state index in [9.17, 15) is 9.59 Å². The van der Waals surface area contributed by atoms with Gasteiger partial charge in [-0.05, 0) is 66.4 Å². The minimum Gasteiger partial charge on any atom is -0.495 e. The normalized spacial score (nSPS) is 16.2. The number of aliphatic imine (C=N–C) groups is 1. The van der Waals surface area contributed by atoms with Gasteiger partial charge < -0.3 is 20.3 Å². The number of carbonyl (C=O) groups is 2. The van der Waals surface area contributed by atoms with Gasteiger partial charge in [0.1, 0.15) is 5.75 Å². The van der Waals surface area contributed by atoms with Gasteiger partial charge in [-0.3, -0.25) is 9.59 Å². The van der Waals surface area contributed by atoms with E-state index < -0.39 is 0 Å². The summed E-state index contributed by atoms with van der Waals surface area (Å²) in [7, 11) is 1.58. The zero-order valence-corrected chi connectivity index (χ0v) is 24.9. The van der Waals surface area contributed by atoms with Gasteiger partial charge in [0, 0.05) is 23.5 Å². The van der Waals surface area contributed by atoms with Gasteiger partial charge in [0.25, 0.3) is 11.8 Å². The summed E-state index contributed by atoms with van der Waals surface area (Å²) in [4.78, 5) is 34.1. The molecule has 0 spiro atoms. The molecule has 1 saturated heterocycles. The fourth-order valence-corrected chi connectivity index (χ4v) is 6.50. The lowest BCUT2D eigenvalue weighted by atomic mass is 9.93. The summed E-state index contributed by atoms with van der Waals surface area (Å²) in [6.45, 7) is 2.66. The highest BCUT2D eigenvalue weighted by Crippen LogP contribution is 2.41. The number of rotatable bonds is 7. The number of allylic oxidation sites excluding steroid dienone is 1. The number of ether oxygens (including phenoxy) is 1. The molecule has 4 aromatic rings. The average molecular weight is 589 g/mol. The number of methoxy groups -OCH3 is 1. The van der Waals surface area contributed by atoms with Crippen LogP contribution in [0.2, 0.25) is 0 Å². The lowest BCUT2D eigenvalue weighted by Gasteiger charge is -2.41. The van der Waals surface area contributed by atoms with Crippen LogP contribution in [0.1, 0.15) is 35.3 Å². The molecule has 2 aliphatic rings. The molecule has 7 nitrogen and oxygen atoms in total. The smallest absolute Gasteiger partial charge is 0.255 e. The van der Waals surface area contributed by atoms with Crippen LogP contribution < -0.4 is 15.4 Å². The summed E-state index contributed by atoms with van der Waals surface area (Å²) < 4.78 is 5.46. The Morgan fingerprint density at radius 2 is 1.60 bits per heavy atom. The second kappa shape index (κ2) is 12.6. The number of nitrogens with one attached hydrogen (secondary N) is 2. The van der Waals surface area contributed by atoms with E-state index in [4.69, 9.17) is 9.73 Å². The molecule has 0 bridgehead atoms. The predicted octanol–water partition coefficient (Wildman–Crippen LogP) is 7.38. The minimum atomic E-state index is -0.364. The van der Waals surface area contributed by atoms with Gasteiger partial charge in [0.05, 0.1) is 30.1 Å². The van der Waals surface area contributed by atoms with Gasteiger partial charge in [-0.2, -0.15) is 0 Å². The van der Waals surface area contributed by atoms with Crippen LogP contribution in [0, 0.1) is 0 Å². The number of benzene rings is 4. The highest BCUT2D eigenvalue weighted by atomic mass is 32.2. The fourth-order valence-electron chi connectivity index (χ4n) is 5.48. The van der Waals surface area contributed by atoms with Crippen LogP contribution >= 0.6 is 11.8 Å². The molecule has 2 heterocycles. The molecule has 1 atom stereocenters. The standard InChI is InChI=1S/C35H32N4O3S/c1-23-31(34(41)38-29-14-6-7-15-30(29)42-2)32(39-20-9-21-43-35(39)36-23)27-12-8-13-28(22-27)37-33(40)26-18-16-25(17-19-26)24-10-4-3-5-11-24/h3-8,10-19,22,32H,9,20-21H2,1-2H3,(H,37,40)(H,38,41). The third-order valence-electron chi connectivity index (χ3n) is 7.57. The first-order chi connectivity index (χ1) is 21.0. The molecule has 0 radical (unpaired) electrons. The van der Waals surface area contributed by atoms with E-state index in [-0.39, 0.29) is 17.9 Å². The van der Waals surface area contributed by atoms with Crippen LogP contribution in [0.4, 0.5) is 11.4 Å². The highest BCUT2D eigenvalue weighted by molar-refractivity contribution is 8.13. The van der Waals surface area contributed by atoms with Crippen molar-refractivity contribution in [2.75, 3.05) is 30.0 Å². The molecule has 4 aromatic carbocycles. The molecule has 43 heavy (non-hydrogen) atoms. The molecule has 8 heteroatoms. The zero-order valence-electron chi connectivity index (χ0n) is 24.0. The van der Waals surface area contributed by atoms with Crippen molar-refractivity contribution in [3.8, 4) is 16.9 Å². The Morgan fingerprint density at radius 3 is 2.40 bits per heavy atom. The number of fused-ring (bicyclic) bond motifs is 1. The van der Waals surface area contributed by atoms with Crippen LogP contribution in [0.15, 0.2) is 119 Å². The molecular formula is C35H32N4O3S. The van der Waals surface area contributed by atoms with Gasteiger partial charge in [0.15, 0.2) is 5.17 Å². The van der Waals surface area contributed by atoms with Crippen molar-refractivity contribution in [1.82, 2.24) is 4.90 Å². The number of anilines is 2. The second-order valence-corrected chi connectivity index (χ2v) is 11.4. The van der Waals surface area contributed by atoms with E-state index in [1.165, 1.54) is 0 Å². The van der Waals surface area contributed by atoms with Crippen LogP contribution in [0.5, 0.6) is 5.75 Å². The van der Waals surface area contributed by atoms with Gasteiger partial charge in [-0.1, -0.05) is 78.5 Å². The molecular weight excluding hydrogens is 556 g/mol. The Kier molecular flexibility index (Phi) is 8.29. The average Bonchev–Trinajstić information content (AvgIpc) is 3.05. The molecule has 0 saturated carbocycles. The number of carbonyl (C=O) groups excluding carboxylic acids is 2. The maximum atomic E-state index is 13.9. The highest BCUT2D eigenvalue weighted by Gasteiger charge is 2.37. The number of nitrogens with zero attached hydrogens (tertiary/aromatic N) is 2. The maximum absolute atomic E-state index is 13.9. The first-order valence-electron chi connectivity index (χ1n) is 14.2. The molecule has 0 aromatic heterocycles. The Hall–Kier alpha value is -4.82. The van der Waals surface area contributed by atoms with Crippen molar-refractivity contribution < 1.29 is 14.3 Å². The predicted molar refractivity (Wildman–Crippen MR) is 175 cm³/mol. The molecule has 2 aliphatic heterocycles. The second-order valence-electron chi connectivity index (χ2n) is 10.4. The van der Waals surface area contributed by atoms with Gasteiger partial charge >= 0.3 is 0 Å². The lowest BCUT2D eigenvalue weighted by molar-refractivity contribution is -0.113. The van der Waals surface area contributed by atoms with Crippen molar-refractivity contribution in [3.05, 3.63) is 126 Å². The SMILES string of the molecule is COc1ccccc1NC(=O)C1=C(C)N=C2SCCCN2C1c1cccc(NC(=O)c2ccc(-c3ccccc3)cc2)c1. The van der Waals surface area contributed by atoms with Gasteiger partial charge in [0.2, 0.25) is 0 Å². The van der Waals surface area contributed by atoms with Crippen molar-refractivity contribution in [2.45, 2.75) is 19.4 Å². The Bertz CT molecular complexity index is 1720. The number of hydrogen-bond donors (Lipinski definition) is 2.